The number of rotatable bonds is 3. The fourth-order valence-electron chi connectivity index (χ4n) is 2.27. The maximum Gasteiger partial charge on any atom is 0.228 e. The zero-order valence-electron chi connectivity index (χ0n) is 11.6. The highest BCUT2D eigenvalue weighted by molar-refractivity contribution is 7.92. The molecule has 3 heterocycles. The van der Waals surface area contributed by atoms with Gasteiger partial charge in [0.1, 0.15) is 5.69 Å². The van der Waals surface area contributed by atoms with E-state index in [0.29, 0.717) is 30.5 Å². The Morgan fingerprint density at radius 2 is 2.33 bits per heavy atom. The summed E-state index contributed by atoms with van der Waals surface area (Å²) in [6.07, 6.45) is 1.91. The molecule has 0 aromatic carbocycles. The molecule has 1 atom stereocenters. The number of aromatic nitrogens is 3. The molecule has 1 saturated heterocycles. The lowest BCUT2D eigenvalue weighted by Gasteiger charge is -2.21. The van der Waals surface area contributed by atoms with E-state index >= 15 is 0 Å². The fraction of sp³-hybridized carbons (Fsp3) is 0.462. The predicted octanol–water partition coefficient (Wildman–Crippen LogP) is 0.369. The van der Waals surface area contributed by atoms with Gasteiger partial charge in [0.15, 0.2) is 9.84 Å². The van der Waals surface area contributed by atoms with Crippen molar-refractivity contribution in [1.82, 2.24) is 20.4 Å². The van der Waals surface area contributed by atoms with Crippen molar-refractivity contribution in [2.24, 2.45) is 0 Å². The topological polar surface area (TPSA) is 98.0 Å². The van der Waals surface area contributed by atoms with E-state index in [1.54, 1.807) is 6.20 Å². The lowest BCUT2D eigenvalue weighted by molar-refractivity contribution is 0.373. The SMILES string of the molecule is Cc1ccnc(-c2noc(CC3CNCCS3(=O)=O)n2)c1. The van der Waals surface area contributed by atoms with Gasteiger partial charge in [0.05, 0.1) is 11.0 Å². The molecule has 2 aromatic rings. The number of aryl methyl sites for hydroxylation is 1. The van der Waals surface area contributed by atoms with Crippen LogP contribution in [0.3, 0.4) is 0 Å². The van der Waals surface area contributed by atoms with Gasteiger partial charge in [-0.2, -0.15) is 4.98 Å². The quantitative estimate of drug-likeness (QED) is 0.874. The zero-order valence-corrected chi connectivity index (χ0v) is 12.4. The van der Waals surface area contributed by atoms with Crippen LogP contribution in [0.15, 0.2) is 22.9 Å². The average Bonchev–Trinajstić information content (AvgIpc) is 2.90. The normalized spacial score (nSPS) is 21.3. The second-order valence-electron chi connectivity index (χ2n) is 5.13. The molecule has 0 amide bonds. The summed E-state index contributed by atoms with van der Waals surface area (Å²) >= 11 is 0. The van der Waals surface area contributed by atoms with Crippen molar-refractivity contribution in [2.75, 3.05) is 18.8 Å². The van der Waals surface area contributed by atoms with Crippen molar-refractivity contribution in [3.63, 3.8) is 0 Å². The van der Waals surface area contributed by atoms with Crippen LogP contribution in [0.2, 0.25) is 0 Å². The van der Waals surface area contributed by atoms with Crippen LogP contribution < -0.4 is 5.32 Å². The molecule has 2 aromatic heterocycles. The van der Waals surface area contributed by atoms with E-state index in [2.05, 4.69) is 20.4 Å². The first-order chi connectivity index (χ1) is 10.0. The largest absolute Gasteiger partial charge is 0.339 e. The van der Waals surface area contributed by atoms with Gasteiger partial charge in [-0.1, -0.05) is 5.16 Å². The molecule has 1 aliphatic heterocycles. The van der Waals surface area contributed by atoms with Crippen molar-refractivity contribution in [3.05, 3.63) is 29.8 Å². The third kappa shape index (κ3) is 3.11. The summed E-state index contributed by atoms with van der Waals surface area (Å²) in [6, 6.07) is 3.73. The number of pyridine rings is 1. The van der Waals surface area contributed by atoms with E-state index < -0.39 is 15.1 Å². The van der Waals surface area contributed by atoms with E-state index in [-0.39, 0.29) is 12.2 Å². The van der Waals surface area contributed by atoms with Crippen LogP contribution in [0.1, 0.15) is 11.5 Å². The van der Waals surface area contributed by atoms with E-state index in [9.17, 15) is 8.42 Å². The molecule has 3 rings (SSSR count). The summed E-state index contributed by atoms with van der Waals surface area (Å²) in [6.45, 7) is 2.87. The van der Waals surface area contributed by atoms with Crippen LogP contribution in [0.5, 0.6) is 0 Å². The first-order valence-corrected chi connectivity index (χ1v) is 8.44. The van der Waals surface area contributed by atoms with Gasteiger partial charge in [0.2, 0.25) is 11.7 Å². The van der Waals surface area contributed by atoms with E-state index in [0.717, 1.165) is 5.56 Å². The molecule has 0 saturated carbocycles. The third-order valence-electron chi connectivity index (χ3n) is 3.46. The predicted molar refractivity (Wildman–Crippen MR) is 76.4 cm³/mol. The van der Waals surface area contributed by atoms with Crippen molar-refractivity contribution >= 4 is 9.84 Å². The molecule has 112 valence electrons. The van der Waals surface area contributed by atoms with Crippen LogP contribution in [0.25, 0.3) is 11.5 Å². The van der Waals surface area contributed by atoms with E-state index in [4.69, 9.17) is 4.52 Å². The Labute approximate surface area is 122 Å². The molecule has 1 fully saturated rings. The molecule has 1 aliphatic rings. The number of hydrogen-bond acceptors (Lipinski definition) is 7. The first-order valence-electron chi connectivity index (χ1n) is 6.72. The Morgan fingerprint density at radius 1 is 1.48 bits per heavy atom. The fourth-order valence-corrected chi connectivity index (χ4v) is 3.80. The minimum Gasteiger partial charge on any atom is -0.339 e. The molecule has 1 N–H and O–H groups in total. The third-order valence-corrected chi connectivity index (χ3v) is 5.58. The lowest BCUT2D eigenvalue weighted by atomic mass is 10.2. The van der Waals surface area contributed by atoms with Gasteiger partial charge in [-0.05, 0) is 24.6 Å². The number of nitrogens with zero attached hydrogens (tertiary/aromatic N) is 3. The van der Waals surface area contributed by atoms with Gasteiger partial charge in [0.25, 0.3) is 0 Å². The van der Waals surface area contributed by atoms with Gasteiger partial charge < -0.3 is 9.84 Å². The van der Waals surface area contributed by atoms with Crippen LogP contribution in [-0.2, 0) is 16.3 Å². The minimum atomic E-state index is -3.09. The van der Waals surface area contributed by atoms with Crippen molar-refractivity contribution < 1.29 is 12.9 Å². The number of nitrogens with one attached hydrogen (secondary N) is 1. The van der Waals surface area contributed by atoms with Crippen LogP contribution >= 0.6 is 0 Å². The molecule has 21 heavy (non-hydrogen) atoms. The van der Waals surface area contributed by atoms with Gasteiger partial charge in [-0.25, -0.2) is 8.42 Å². The Bertz CT molecular complexity index is 741. The summed E-state index contributed by atoms with van der Waals surface area (Å²) in [7, 11) is -3.09. The highest BCUT2D eigenvalue weighted by atomic mass is 32.2. The molecule has 0 aliphatic carbocycles. The first kappa shape index (κ1) is 14.2. The van der Waals surface area contributed by atoms with Gasteiger partial charge >= 0.3 is 0 Å². The molecule has 0 spiro atoms. The monoisotopic (exact) mass is 308 g/mol. The Morgan fingerprint density at radius 3 is 3.10 bits per heavy atom. The second-order valence-corrected chi connectivity index (χ2v) is 7.53. The Hall–Kier alpha value is -1.80. The minimum absolute atomic E-state index is 0.151. The second kappa shape index (κ2) is 5.53. The van der Waals surface area contributed by atoms with E-state index in [1.807, 2.05) is 19.1 Å². The standard InChI is InChI=1S/C13H16N4O3S/c1-9-2-3-15-11(6-9)13-16-12(20-17-13)7-10-8-14-4-5-21(10,18)19/h2-3,6,10,14H,4-5,7-8H2,1H3. The molecular weight excluding hydrogens is 292 g/mol. The van der Waals surface area contributed by atoms with Crippen molar-refractivity contribution in [1.29, 1.82) is 0 Å². The molecule has 1 unspecified atom stereocenters. The summed E-state index contributed by atoms with van der Waals surface area (Å²) in [5.74, 6) is 0.860. The molecule has 7 nitrogen and oxygen atoms in total. The average molecular weight is 308 g/mol. The zero-order chi connectivity index (χ0) is 14.9. The van der Waals surface area contributed by atoms with Crippen LogP contribution in [0, 0.1) is 6.92 Å². The molecule has 0 bridgehead atoms. The summed E-state index contributed by atoms with van der Waals surface area (Å²) in [4.78, 5) is 8.43. The summed E-state index contributed by atoms with van der Waals surface area (Å²) in [5.41, 5.74) is 1.67. The van der Waals surface area contributed by atoms with Gasteiger partial charge in [-0.15, -0.1) is 0 Å². The number of hydrogen-bond donors (Lipinski definition) is 1. The number of sulfone groups is 1. The molecular formula is C13H16N4O3S. The maximum atomic E-state index is 12.0. The van der Waals surface area contributed by atoms with Crippen molar-refractivity contribution in [2.45, 2.75) is 18.6 Å². The highest BCUT2D eigenvalue weighted by Gasteiger charge is 2.30. The van der Waals surface area contributed by atoms with Gasteiger partial charge in [0, 0.05) is 25.7 Å². The van der Waals surface area contributed by atoms with Crippen molar-refractivity contribution in [3.8, 4) is 11.5 Å². The molecule has 0 radical (unpaired) electrons. The Balaban J connectivity index is 1.79. The van der Waals surface area contributed by atoms with Crippen LogP contribution in [0.4, 0.5) is 0 Å². The smallest absolute Gasteiger partial charge is 0.228 e. The molecule has 8 heteroatoms. The van der Waals surface area contributed by atoms with Crippen LogP contribution in [-0.4, -0.2) is 47.6 Å². The van der Waals surface area contributed by atoms with E-state index in [1.165, 1.54) is 0 Å². The highest BCUT2D eigenvalue weighted by Crippen LogP contribution is 2.17. The summed E-state index contributed by atoms with van der Waals surface area (Å²) < 4.78 is 29.1. The lowest BCUT2D eigenvalue weighted by Crippen LogP contribution is -2.45. The Kier molecular flexibility index (Phi) is 3.73. The maximum absolute atomic E-state index is 12.0. The van der Waals surface area contributed by atoms with Gasteiger partial charge in [-0.3, -0.25) is 4.98 Å². The summed E-state index contributed by atoms with van der Waals surface area (Å²) in [5, 5.41) is 6.44.